The third kappa shape index (κ3) is 7.34. The highest BCUT2D eigenvalue weighted by Crippen LogP contribution is 2.04. The Morgan fingerprint density at radius 3 is 2.68 bits per heavy atom. The fourth-order valence-electron chi connectivity index (χ4n) is 1.46. The minimum absolute atomic E-state index is 0. The Bertz CT molecular complexity index is 396. The molecule has 108 valence electrons. The fraction of sp³-hybridized carbons (Fsp3) is 0.500. The first kappa shape index (κ1) is 18.1. The molecular weight excluding hydrogens is 356 g/mol. The van der Waals surface area contributed by atoms with Crippen LogP contribution in [0.4, 0.5) is 4.39 Å². The van der Waals surface area contributed by atoms with E-state index in [1.807, 2.05) is 13.0 Å². The summed E-state index contributed by atoms with van der Waals surface area (Å²) in [5.74, 6) is 0.554. The quantitative estimate of drug-likeness (QED) is 0.468. The van der Waals surface area contributed by atoms with Crippen LogP contribution in [0.1, 0.15) is 32.8 Å². The Kier molecular flexibility index (Phi) is 9.55. The lowest BCUT2D eigenvalue weighted by Crippen LogP contribution is -2.41. The van der Waals surface area contributed by atoms with Gasteiger partial charge in [-0.05, 0) is 38.0 Å². The van der Waals surface area contributed by atoms with Crippen molar-refractivity contribution >= 4 is 29.9 Å². The molecule has 0 spiro atoms. The molecule has 0 aliphatic rings. The number of aliphatic imine (C=N–C) groups is 1. The number of halogens is 2. The lowest BCUT2D eigenvalue weighted by molar-refractivity contribution is 0.621. The van der Waals surface area contributed by atoms with Crippen LogP contribution in [-0.4, -0.2) is 18.5 Å². The maximum atomic E-state index is 13.0. The summed E-state index contributed by atoms with van der Waals surface area (Å²) in [6.07, 6.45) is 1.03. The molecular formula is C14H23FIN3. The standard InChI is InChI=1S/C14H22FN3.HI/c1-4-11(3)18-14(16-5-2)17-10-12-7-6-8-13(15)9-12;/h6-9,11H,4-5,10H2,1-3H3,(H2,16,17,18);1H. The molecule has 0 heterocycles. The average Bonchev–Trinajstić information content (AvgIpc) is 2.36. The minimum atomic E-state index is -0.220. The molecule has 2 N–H and O–H groups in total. The van der Waals surface area contributed by atoms with E-state index in [4.69, 9.17) is 0 Å². The Labute approximate surface area is 132 Å². The van der Waals surface area contributed by atoms with Crippen LogP contribution >= 0.6 is 24.0 Å². The van der Waals surface area contributed by atoms with Crippen LogP contribution < -0.4 is 10.6 Å². The molecule has 1 atom stereocenters. The molecule has 5 heteroatoms. The number of guanidine groups is 1. The molecule has 3 nitrogen and oxygen atoms in total. The predicted octanol–water partition coefficient (Wildman–Crippen LogP) is 3.30. The Morgan fingerprint density at radius 1 is 1.37 bits per heavy atom. The molecule has 1 aromatic carbocycles. The van der Waals surface area contributed by atoms with Gasteiger partial charge in [0.25, 0.3) is 0 Å². The summed E-state index contributed by atoms with van der Waals surface area (Å²) in [4.78, 5) is 4.44. The maximum absolute atomic E-state index is 13.0. The molecule has 1 aromatic rings. The Morgan fingerprint density at radius 2 is 2.11 bits per heavy atom. The van der Waals surface area contributed by atoms with E-state index < -0.39 is 0 Å². The Balaban J connectivity index is 0.00000324. The van der Waals surface area contributed by atoms with Crippen molar-refractivity contribution in [1.29, 1.82) is 0 Å². The van der Waals surface area contributed by atoms with Gasteiger partial charge in [-0.3, -0.25) is 0 Å². The van der Waals surface area contributed by atoms with Gasteiger partial charge in [-0.1, -0.05) is 19.1 Å². The SMILES string of the molecule is CCNC(=NCc1cccc(F)c1)NC(C)CC.I. The lowest BCUT2D eigenvalue weighted by Gasteiger charge is -2.16. The second-order valence-electron chi connectivity index (χ2n) is 4.28. The number of nitrogens with zero attached hydrogens (tertiary/aromatic N) is 1. The molecule has 1 unspecified atom stereocenters. The molecule has 0 saturated heterocycles. The first-order valence-electron chi connectivity index (χ1n) is 6.45. The van der Waals surface area contributed by atoms with Crippen LogP contribution in [0, 0.1) is 5.82 Å². The van der Waals surface area contributed by atoms with Gasteiger partial charge >= 0.3 is 0 Å². The van der Waals surface area contributed by atoms with Crippen LogP contribution in [0.5, 0.6) is 0 Å². The predicted molar refractivity (Wildman–Crippen MR) is 89.5 cm³/mol. The summed E-state index contributed by atoms with van der Waals surface area (Å²) in [7, 11) is 0. The monoisotopic (exact) mass is 379 g/mol. The van der Waals surface area contributed by atoms with E-state index in [9.17, 15) is 4.39 Å². The molecule has 0 saturated carbocycles. The maximum Gasteiger partial charge on any atom is 0.191 e. The molecule has 0 fully saturated rings. The van der Waals surface area contributed by atoms with Crippen molar-refractivity contribution in [3.05, 3.63) is 35.6 Å². The molecule has 1 rings (SSSR count). The van der Waals surface area contributed by atoms with Crippen molar-refractivity contribution < 1.29 is 4.39 Å². The largest absolute Gasteiger partial charge is 0.357 e. The van der Waals surface area contributed by atoms with Crippen LogP contribution in [0.3, 0.4) is 0 Å². The van der Waals surface area contributed by atoms with Gasteiger partial charge in [-0.2, -0.15) is 0 Å². The van der Waals surface area contributed by atoms with Crippen LogP contribution in [0.2, 0.25) is 0 Å². The number of hydrogen-bond acceptors (Lipinski definition) is 1. The summed E-state index contributed by atoms with van der Waals surface area (Å²) < 4.78 is 13.0. The highest BCUT2D eigenvalue weighted by atomic mass is 127. The van der Waals surface area contributed by atoms with Gasteiger partial charge in [-0.15, -0.1) is 24.0 Å². The number of nitrogens with one attached hydrogen (secondary N) is 2. The van der Waals surface area contributed by atoms with Crippen molar-refractivity contribution in [3.8, 4) is 0 Å². The van der Waals surface area contributed by atoms with Crippen molar-refractivity contribution in [3.63, 3.8) is 0 Å². The fourth-order valence-corrected chi connectivity index (χ4v) is 1.46. The van der Waals surface area contributed by atoms with Crippen molar-refractivity contribution in [2.24, 2.45) is 4.99 Å². The van der Waals surface area contributed by atoms with Gasteiger partial charge in [0.15, 0.2) is 5.96 Å². The van der Waals surface area contributed by atoms with Gasteiger partial charge in [0.1, 0.15) is 5.82 Å². The molecule has 0 aromatic heterocycles. The zero-order valence-electron chi connectivity index (χ0n) is 11.7. The van der Waals surface area contributed by atoms with E-state index in [1.54, 1.807) is 6.07 Å². The van der Waals surface area contributed by atoms with Crippen LogP contribution in [-0.2, 0) is 6.54 Å². The highest BCUT2D eigenvalue weighted by molar-refractivity contribution is 14.0. The second-order valence-corrected chi connectivity index (χ2v) is 4.28. The smallest absolute Gasteiger partial charge is 0.191 e. The first-order chi connectivity index (χ1) is 8.65. The van der Waals surface area contributed by atoms with Crippen molar-refractivity contribution in [2.75, 3.05) is 6.54 Å². The van der Waals surface area contributed by atoms with E-state index >= 15 is 0 Å². The zero-order valence-corrected chi connectivity index (χ0v) is 14.1. The lowest BCUT2D eigenvalue weighted by atomic mass is 10.2. The molecule has 0 amide bonds. The molecule has 19 heavy (non-hydrogen) atoms. The van der Waals surface area contributed by atoms with Crippen molar-refractivity contribution in [2.45, 2.75) is 39.8 Å². The summed E-state index contributed by atoms with van der Waals surface area (Å²) in [6, 6.07) is 6.90. The second kappa shape index (κ2) is 10.00. The number of rotatable bonds is 5. The minimum Gasteiger partial charge on any atom is -0.357 e. The topological polar surface area (TPSA) is 36.4 Å². The zero-order chi connectivity index (χ0) is 13.4. The van der Waals surface area contributed by atoms with Gasteiger partial charge in [0.2, 0.25) is 0 Å². The normalized spacial score (nSPS) is 12.5. The van der Waals surface area contributed by atoms with E-state index in [1.165, 1.54) is 12.1 Å². The van der Waals surface area contributed by atoms with Crippen LogP contribution in [0.15, 0.2) is 29.3 Å². The van der Waals surface area contributed by atoms with Gasteiger partial charge < -0.3 is 10.6 Å². The molecule has 0 aliphatic heterocycles. The highest BCUT2D eigenvalue weighted by Gasteiger charge is 2.02. The Hall–Kier alpha value is -0.850. The van der Waals surface area contributed by atoms with Gasteiger partial charge in [-0.25, -0.2) is 9.38 Å². The third-order valence-electron chi connectivity index (χ3n) is 2.65. The van der Waals surface area contributed by atoms with E-state index in [0.29, 0.717) is 12.6 Å². The molecule has 0 bridgehead atoms. The summed E-state index contributed by atoms with van der Waals surface area (Å²) in [5, 5.41) is 6.48. The molecule has 0 radical (unpaired) electrons. The van der Waals surface area contributed by atoms with Crippen LogP contribution in [0.25, 0.3) is 0 Å². The van der Waals surface area contributed by atoms with Crippen molar-refractivity contribution in [1.82, 2.24) is 10.6 Å². The van der Waals surface area contributed by atoms with E-state index in [-0.39, 0.29) is 29.8 Å². The van der Waals surface area contributed by atoms with E-state index in [0.717, 1.165) is 24.5 Å². The average molecular weight is 379 g/mol. The summed E-state index contributed by atoms with van der Waals surface area (Å²) in [6.45, 7) is 7.54. The summed E-state index contributed by atoms with van der Waals surface area (Å²) >= 11 is 0. The third-order valence-corrected chi connectivity index (χ3v) is 2.65. The molecule has 0 aliphatic carbocycles. The number of hydrogen-bond donors (Lipinski definition) is 2. The van der Waals surface area contributed by atoms with E-state index in [2.05, 4.69) is 29.5 Å². The van der Waals surface area contributed by atoms with Gasteiger partial charge in [0.05, 0.1) is 6.54 Å². The number of benzene rings is 1. The van der Waals surface area contributed by atoms with Gasteiger partial charge in [0, 0.05) is 12.6 Å². The summed E-state index contributed by atoms with van der Waals surface area (Å²) in [5.41, 5.74) is 0.872. The first-order valence-corrected chi connectivity index (χ1v) is 6.45.